The van der Waals surface area contributed by atoms with Crippen molar-refractivity contribution in [1.29, 1.82) is 0 Å². The predicted octanol–water partition coefficient (Wildman–Crippen LogP) is 2.64. The predicted molar refractivity (Wildman–Crippen MR) is 128 cm³/mol. The number of H-pyrrole nitrogens is 1. The van der Waals surface area contributed by atoms with E-state index in [0.717, 1.165) is 0 Å². The van der Waals surface area contributed by atoms with Crippen molar-refractivity contribution in [2.45, 2.75) is 19.9 Å². The number of tetrazole rings is 1. The Hall–Kier alpha value is -3.90. The number of benzene rings is 2. The molecule has 0 unspecified atom stereocenters. The number of ether oxygens (including phenoxy) is 2. The molecule has 0 bridgehead atoms. The second kappa shape index (κ2) is 9.93. The summed E-state index contributed by atoms with van der Waals surface area (Å²) in [5.74, 6) is 0.767. The van der Waals surface area contributed by atoms with Crippen molar-refractivity contribution >= 4 is 34.7 Å². The highest BCUT2D eigenvalue weighted by Gasteiger charge is 2.14. The number of aryl methyl sites for hydroxylation is 1. The van der Waals surface area contributed by atoms with E-state index in [1.165, 1.54) is 9.25 Å². The molecule has 4 rings (SSSR count). The van der Waals surface area contributed by atoms with Gasteiger partial charge in [0, 0.05) is 31.5 Å². The second-order valence-corrected chi connectivity index (χ2v) is 7.86. The van der Waals surface area contributed by atoms with Gasteiger partial charge in [-0.2, -0.15) is 4.68 Å². The highest BCUT2D eigenvalue weighted by Crippen LogP contribution is 2.26. The monoisotopic (exact) mass is 481 g/mol. The number of aromatic nitrogens is 6. The maximum absolute atomic E-state index is 13.0. The molecule has 0 spiro atoms. The molecule has 4 aromatic rings. The molecule has 2 N–H and O–H groups in total. The number of methoxy groups -OCH3 is 2. The van der Waals surface area contributed by atoms with Crippen LogP contribution in [0.15, 0.2) is 41.2 Å². The minimum Gasteiger partial charge on any atom is -0.494 e. The normalized spacial score (nSPS) is 11.0. The highest BCUT2D eigenvalue weighted by atomic mass is 32.1. The fourth-order valence-corrected chi connectivity index (χ4v) is 3.84. The number of rotatable bonds is 8. The number of anilines is 1. The number of fused-ring (bicyclic) bond motifs is 1. The Morgan fingerprint density at radius 2 is 2.03 bits per heavy atom. The molecule has 34 heavy (non-hydrogen) atoms. The Bertz CT molecular complexity index is 1470. The smallest absolute Gasteiger partial charge is 0.262 e. The molecular weight excluding hydrogens is 458 g/mol. The molecule has 0 aliphatic carbocycles. The first-order chi connectivity index (χ1) is 16.4. The van der Waals surface area contributed by atoms with Crippen LogP contribution < -0.4 is 15.6 Å². The van der Waals surface area contributed by atoms with Crippen LogP contribution >= 0.6 is 12.2 Å². The molecule has 0 aliphatic heterocycles. The summed E-state index contributed by atoms with van der Waals surface area (Å²) in [6.45, 7) is 2.73. The van der Waals surface area contributed by atoms with Crippen LogP contribution in [0.5, 0.6) is 5.75 Å². The quantitative estimate of drug-likeness (QED) is 0.290. The fraction of sp³-hybridized carbons (Fsp3) is 0.273. The van der Waals surface area contributed by atoms with Crippen LogP contribution in [0.2, 0.25) is 0 Å². The van der Waals surface area contributed by atoms with E-state index in [4.69, 9.17) is 21.7 Å². The van der Waals surface area contributed by atoms with Crippen LogP contribution in [-0.4, -0.2) is 56.5 Å². The van der Waals surface area contributed by atoms with E-state index in [2.05, 4.69) is 25.8 Å². The second-order valence-electron chi connectivity index (χ2n) is 7.47. The summed E-state index contributed by atoms with van der Waals surface area (Å²) >= 11 is 5.35. The third-order valence-electron chi connectivity index (χ3n) is 5.26. The number of hydrogen-bond donors (Lipinski definition) is 2. The van der Waals surface area contributed by atoms with Gasteiger partial charge in [0.15, 0.2) is 10.6 Å². The molecule has 0 saturated carbocycles. The fourth-order valence-electron chi connectivity index (χ4n) is 3.56. The molecule has 2 aromatic heterocycles. The van der Waals surface area contributed by atoms with Gasteiger partial charge in [-0.05, 0) is 72.4 Å². The SMILES string of the molecule is COCCCn1c(=S)[nH]c2cc(C(=O)Nc3ccc(OC)c(-n4nnnc4C)c3)ccc2c1=O. The van der Waals surface area contributed by atoms with E-state index < -0.39 is 0 Å². The number of amides is 1. The largest absolute Gasteiger partial charge is 0.494 e. The minimum atomic E-state index is -0.352. The molecule has 176 valence electrons. The zero-order chi connectivity index (χ0) is 24.2. The van der Waals surface area contributed by atoms with Gasteiger partial charge >= 0.3 is 0 Å². The summed E-state index contributed by atoms with van der Waals surface area (Å²) in [5, 5.41) is 14.8. The molecule has 0 aliphatic rings. The van der Waals surface area contributed by atoms with Crippen molar-refractivity contribution < 1.29 is 14.3 Å². The van der Waals surface area contributed by atoms with Gasteiger partial charge in [-0.15, -0.1) is 5.10 Å². The number of aromatic amines is 1. The zero-order valence-electron chi connectivity index (χ0n) is 18.9. The van der Waals surface area contributed by atoms with Gasteiger partial charge in [0.1, 0.15) is 11.4 Å². The summed E-state index contributed by atoms with van der Waals surface area (Å²) in [4.78, 5) is 28.9. The van der Waals surface area contributed by atoms with Crippen molar-refractivity contribution in [3.8, 4) is 11.4 Å². The van der Waals surface area contributed by atoms with Gasteiger partial charge < -0.3 is 19.8 Å². The van der Waals surface area contributed by atoms with Gasteiger partial charge in [0.05, 0.1) is 18.0 Å². The van der Waals surface area contributed by atoms with Crippen molar-refractivity contribution in [3.05, 3.63) is 62.9 Å². The van der Waals surface area contributed by atoms with Gasteiger partial charge in [-0.3, -0.25) is 14.2 Å². The molecule has 11 nitrogen and oxygen atoms in total. The third kappa shape index (κ3) is 4.58. The number of carbonyl (C=O) groups is 1. The molecule has 0 atom stereocenters. The first-order valence-electron chi connectivity index (χ1n) is 10.4. The Kier molecular flexibility index (Phi) is 6.80. The lowest BCUT2D eigenvalue weighted by molar-refractivity contribution is 0.102. The number of carbonyl (C=O) groups excluding carboxylic acids is 1. The Morgan fingerprint density at radius 1 is 1.21 bits per heavy atom. The number of hydrogen-bond acceptors (Lipinski definition) is 8. The molecule has 2 aromatic carbocycles. The van der Waals surface area contributed by atoms with Crippen LogP contribution in [0, 0.1) is 11.7 Å². The Labute approximate surface area is 199 Å². The van der Waals surface area contributed by atoms with Gasteiger partial charge in [-0.25, -0.2) is 0 Å². The molecule has 0 radical (unpaired) electrons. The summed E-state index contributed by atoms with van der Waals surface area (Å²) < 4.78 is 13.8. The van der Waals surface area contributed by atoms with E-state index in [1.807, 2.05) is 0 Å². The van der Waals surface area contributed by atoms with Crippen LogP contribution in [0.1, 0.15) is 22.6 Å². The van der Waals surface area contributed by atoms with Crippen LogP contribution in [0.4, 0.5) is 5.69 Å². The van der Waals surface area contributed by atoms with Gasteiger partial charge in [0.2, 0.25) is 0 Å². The van der Waals surface area contributed by atoms with Crippen molar-refractivity contribution in [2.24, 2.45) is 0 Å². The van der Waals surface area contributed by atoms with Gasteiger partial charge in [0.25, 0.3) is 11.5 Å². The van der Waals surface area contributed by atoms with E-state index in [1.54, 1.807) is 57.5 Å². The summed E-state index contributed by atoms with van der Waals surface area (Å²) in [5.41, 5.74) is 1.76. The minimum absolute atomic E-state index is 0.210. The van der Waals surface area contributed by atoms with Crippen LogP contribution in [0.25, 0.3) is 16.6 Å². The lowest BCUT2D eigenvalue weighted by Crippen LogP contribution is -2.23. The van der Waals surface area contributed by atoms with E-state index in [-0.39, 0.29) is 11.5 Å². The Balaban J connectivity index is 1.62. The lowest BCUT2D eigenvalue weighted by Gasteiger charge is -2.12. The van der Waals surface area contributed by atoms with Gasteiger partial charge in [-0.1, -0.05) is 0 Å². The van der Waals surface area contributed by atoms with Crippen molar-refractivity contribution in [3.63, 3.8) is 0 Å². The maximum Gasteiger partial charge on any atom is 0.262 e. The van der Waals surface area contributed by atoms with Crippen molar-refractivity contribution in [2.75, 3.05) is 26.1 Å². The summed E-state index contributed by atoms with van der Waals surface area (Å²) in [6, 6.07) is 9.98. The third-order valence-corrected chi connectivity index (χ3v) is 5.59. The maximum atomic E-state index is 13.0. The highest BCUT2D eigenvalue weighted by molar-refractivity contribution is 7.71. The first kappa shape index (κ1) is 23.3. The summed E-state index contributed by atoms with van der Waals surface area (Å²) in [6.07, 6.45) is 0.661. The number of nitrogens with one attached hydrogen (secondary N) is 2. The zero-order valence-corrected chi connectivity index (χ0v) is 19.7. The van der Waals surface area contributed by atoms with Crippen LogP contribution in [-0.2, 0) is 11.3 Å². The first-order valence-corrected chi connectivity index (χ1v) is 10.8. The molecular formula is C22H23N7O4S. The van der Waals surface area contributed by atoms with E-state index in [9.17, 15) is 9.59 Å². The lowest BCUT2D eigenvalue weighted by atomic mass is 10.1. The molecule has 0 saturated heterocycles. The molecule has 1 amide bonds. The van der Waals surface area contributed by atoms with E-state index in [0.29, 0.717) is 63.8 Å². The van der Waals surface area contributed by atoms with Crippen LogP contribution in [0.3, 0.4) is 0 Å². The molecule has 0 fully saturated rings. The average molecular weight is 482 g/mol. The molecule has 2 heterocycles. The molecule has 12 heteroatoms. The standard InChI is InChI=1S/C22H23N7O4S/c1-13-25-26-27-29(13)18-12-15(6-8-19(18)33-3)23-20(30)14-5-7-16-17(11-14)24-22(34)28(21(16)31)9-4-10-32-2/h5-8,11-12H,4,9-10H2,1-3H3,(H,23,30)(H,24,34). The van der Waals surface area contributed by atoms with E-state index >= 15 is 0 Å². The van der Waals surface area contributed by atoms with Crippen molar-refractivity contribution in [1.82, 2.24) is 29.8 Å². The Morgan fingerprint density at radius 3 is 2.74 bits per heavy atom. The average Bonchev–Trinajstić information content (AvgIpc) is 3.26. The topological polar surface area (TPSA) is 129 Å². The number of nitrogens with zero attached hydrogens (tertiary/aromatic N) is 5. The summed E-state index contributed by atoms with van der Waals surface area (Å²) in [7, 11) is 3.15.